The van der Waals surface area contributed by atoms with Crippen LogP contribution in [0.4, 0.5) is 0 Å². The maximum atomic E-state index is 10.1. The van der Waals surface area contributed by atoms with Crippen molar-refractivity contribution in [2.75, 3.05) is 27.0 Å². The lowest BCUT2D eigenvalue weighted by molar-refractivity contribution is -0.271. The minimum Gasteiger partial charge on any atom is -0.497 e. The average Bonchev–Trinajstić information content (AvgIpc) is 3.27. The summed E-state index contributed by atoms with van der Waals surface area (Å²) >= 11 is 0. The molecule has 0 amide bonds. The summed E-state index contributed by atoms with van der Waals surface area (Å²) in [7, 11) is -3.21. The molecule has 5 rings (SSSR count). The van der Waals surface area contributed by atoms with Gasteiger partial charge in [-0.3, -0.25) is 4.67 Å². The zero-order valence-corrected chi connectivity index (χ0v) is 46.1. The van der Waals surface area contributed by atoms with E-state index in [2.05, 4.69) is 143 Å². The number of nitriles is 1. The molecule has 0 aliphatic carbocycles. The van der Waals surface area contributed by atoms with E-state index in [0.29, 0.717) is 18.3 Å². The highest BCUT2D eigenvalue weighted by atomic mass is 31.2. The van der Waals surface area contributed by atoms with Crippen molar-refractivity contribution in [2.45, 2.75) is 160 Å². The molecule has 1 fully saturated rings. The van der Waals surface area contributed by atoms with Crippen molar-refractivity contribution in [1.82, 2.24) is 4.67 Å². The third kappa shape index (κ3) is 13.0. The number of nitrogens with zero attached hydrogens (tertiary/aromatic N) is 2. The molecule has 67 heavy (non-hydrogen) atoms. The molecule has 1 unspecified atom stereocenters. The van der Waals surface area contributed by atoms with Crippen LogP contribution < -0.4 is 14.2 Å². The van der Waals surface area contributed by atoms with E-state index in [1.165, 1.54) is 0 Å². The first-order valence-electron chi connectivity index (χ1n) is 23.8. The first-order valence-corrected chi connectivity index (χ1v) is 31.0. The van der Waals surface area contributed by atoms with Gasteiger partial charge in [-0.15, -0.1) is 0 Å². The summed E-state index contributed by atoms with van der Waals surface area (Å²) in [6, 6.07) is 38.9. The van der Waals surface area contributed by atoms with Crippen LogP contribution in [-0.4, -0.2) is 91.1 Å². The molecule has 4 aromatic carbocycles. The summed E-state index contributed by atoms with van der Waals surface area (Å²) in [4.78, 5) is 0. The second kappa shape index (κ2) is 22.9. The lowest BCUT2D eigenvalue weighted by atomic mass is 9.80. The van der Waals surface area contributed by atoms with Crippen LogP contribution in [-0.2, 0) is 28.5 Å². The molecule has 0 saturated carbocycles. The Hall–Kier alpha value is -3.61. The molecule has 1 heterocycles. The van der Waals surface area contributed by atoms with Crippen molar-refractivity contribution < 1.29 is 37.1 Å². The van der Waals surface area contributed by atoms with Gasteiger partial charge in [0.25, 0.3) is 0 Å². The van der Waals surface area contributed by atoms with Gasteiger partial charge in [-0.2, -0.15) is 5.26 Å². The Labute approximate surface area is 406 Å². The Bertz CT molecular complexity index is 2100. The normalized spacial score (nSPS) is 20.2. The van der Waals surface area contributed by atoms with Crippen LogP contribution in [0.3, 0.4) is 0 Å². The summed E-state index contributed by atoms with van der Waals surface area (Å²) in [6.07, 6.45) is -2.86. The van der Waals surface area contributed by atoms with Gasteiger partial charge in [0.05, 0.1) is 26.9 Å². The van der Waals surface area contributed by atoms with Crippen LogP contribution in [0.1, 0.15) is 92.3 Å². The van der Waals surface area contributed by atoms with Gasteiger partial charge in [-0.1, -0.05) is 114 Å². The predicted octanol–water partition coefficient (Wildman–Crippen LogP) is 13.3. The van der Waals surface area contributed by atoms with Crippen molar-refractivity contribution in [3.8, 4) is 23.3 Å². The van der Waals surface area contributed by atoms with Gasteiger partial charge in [0, 0.05) is 24.7 Å². The Morgan fingerprint density at radius 3 is 1.51 bits per heavy atom. The summed E-state index contributed by atoms with van der Waals surface area (Å²) in [5.41, 5.74) is 1.56. The molecule has 0 spiro atoms. The molecule has 0 radical (unpaired) electrons. The van der Waals surface area contributed by atoms with Gasteiger partial charge >= 0.3 is 0 Å². The minimum atomic E-state index is -2.61. The van der Waals surface area contributed by atoms with E-state index in [0.717, 1.165) is 28.2 Å². The first-order chi connectivity index (χ1) is 31.5. The Morgan fingerprint density at radius 2 is 1.07 bits per heavy atom. The zero-order valence-electron chi connectivity index (χ0n) is 43.2. The molecule has 6 atom stereocenters. The van der Waals surface area contributed by atoms with Crippen molar-refractivity contribution in [2.24, 2.45) is 0 Å². The number of hydrogen-bond donors (Lipinski definition) is 0. The highest BCUT2D eigenvalue weighted by Gasteiger charge is 2.57. The molecule has 10 nitrogen and oxygen atoms in total. The van der Waals surface area contributed by atoms with Gasteiger partial charge in [0.1, 0.15) is 55.6 Å². The number of benzene rings is 4. The summed E-state index contributed by atoms with van der Waals surface area (Å²) < 4.78 is 58.9. The maximum absolute atomic E-state index is 10.1. The largest absolute Gasteiger partial charge is 0.497 e. The molecule has 1 aliphatic heterocycles. The molecule has 1 aliphatic rings. The topological polar surface area (TPSA) is 101 Å². The van der Waals surface area contributed by atoms with Crippen LogP contribution in [0.5, 0.6) is 17.2 Å². The molecule has 0 aromatic heterocycles. The molecule has 1 saturated heterocycles. The molecule has 366 valence electrons. The van der Waals surface area contributed by atoms with Gasteiger partial charge in [-0.25, -0.2) is 0 Å². The number of hydrogen-bond acceptors (Lipinski definition) is 10. The van der Waals surface area contributed by atoms with E-state index in [-0.39, 0.29) is 28.8 Å². The Morgan fingerprint density at radius 1 is 0.627 bits per heavy atom. The van der Waals surface area contributed by atoms with Crippen molar-refractivity contribution >= 4 is 24.9 Å². The van der Waals surface area contributed by atoms with E-state index in [1.807, 2.05) is 72.8 Å². The molecular weight excluding hydrogens is 892 g/mol. The SMILES string of the molecule is COc1ccc(C(OC[C@H]2O[C@@H](Oc3ccccc3)[C@H](O[Si](C)(C)C(C)(C)C)[C@@H](O[Si](C)(C)C(C)(C)C)[C@@H]2OP(CCC#N)N(C(C)C)C(C)C)(c2ccccc2)c2ccc(OC)cc2)cc1. The smallest absolute Gasteiger partial charge is 0.228 e. The lowest BCUT2D eigenvalue weighted by Gasteiger charge is -2.53. The van der Waals surface area contributed by atoms with E-state index in [1.54, 1.807) is 14.2 Å². The lowest BCUT2D eigenvalue weighted by Crippen LogP contribution is -2.67. The Balaban J connectivity index is 1.82. The second-order valence-electron chi connectivity index (χ2n) is 21.1. The van der Waals surface area contributed by atoms with Crippen LogP contribution in [0, 0.1) is 11.3 Å². The highest BCUT2D eigenvalue weighted by Crippen LogP contribution is 2.52. The van der Waals surface area contributed by atoms with Gasteiger partial charge in [0.2, 0.25) is 6.29 Å². The fraction of sp³-hybridized carbons (Fsp3) is 0.537. The third-order valence-corrected chi connectivity index (χ3v) is 25.2. The molecule has 0 N–H and O–H groups in total. The quantitative estimate of drug-likeness (QED) is 0.0456. The summed E-state index contributed by atoms with van der Waals surface area (Å²) in [6.45, 7) is 31.4. The van der Waals surface area contributed by atoms with Crippen LogP contribution in [0.25, 0.3) is 0 Å². The fourth-order valence-corrected chi connectivity index (χ4v) is 12.9. The van der Waals surface area contributed by atoms with E-state index < -0.39 is 61.2 Å². The number of methoxy groups -OCH3 is 2. The molecule has 4 aromatic rings. The van der Waals surface area contributed by atoms with E-state index >= 15 is 0 Å². The predicted molar refractivity (Wildman–Crippen MR) is 277 cm³/mol. The van der Waals surface area contributed by atoms with Crippen LogP contribution in [0.2, 0.25) is 36.3 Å². The highest BCUT2D eigenvalue weighted by molar-refractivity contribution is 7.50. The summed E-state index contributed by atoms with van der Waals surface area (Å²) in [5.74, 6) is 2.11. The van der Waals surface area contributed by atoms with Crippen molar-refractivity contribution in [1.29, 1.82) is 5.26 Å². The van der Waals surface area contributed by atoms with Gasteiger partial charge in [-0.05, 0) is 117 Å². The number of ether oxygens (including phenoxy) is 5. The van der Waals surface area contributed by atoms with E-state index in [4.69, 9.17) is 37.1 Å². The standard InChI is InChI=1S/C54H79N2O8PSi2/c1-39(2)56(40(3)4)65(37-23-36-55)62-48-47(38-59-54(41-24-19-17-20-25-41,42-28-32-44(57-11)33-29-42)43-30-34-45(58-12)35-31-43)61-51(60-46-26-21-18-22-27-46)50(64-67(15,16)53(8,9)10)49(48)63-66(13,14)52(5,6)7/h17-22,24-35,39-40,47-51H,23,37-38H2,1-16H3/t47-,48-,49+,50-,51-,65?/m1/s1. The van der Waals surface area contributed by atoms with Crippen molar-refractivity contribution in [3.63, 3.8) is 0 Å². The third-order valence-electron chi connectivity index (χ3n) is 13.7. The van der Waals surface area contributed by atoms with Crippen LogP contribution in [0.15, 0.2) is 109 Å². The minimum absolute atomic E-state index is 0.0568. The number of para-hydroxylation sites is 1. The Kier molecular flexibility index (Phi) is 18.6. The average molecular weight is 971 g/mol. The number of rotatable bonds is 21. The van der Waals surface area contributed by atoms with Crippen molar-refractivity contribution in [3.05, 3.63) is 126 Å². The van der Waals surface area contributed by atoms with Crippen LogP contribution >= 0.6 is 8.30 Å². The maximum Gasteiger partial charge on any atom is 0.228 e. The monoisotopic (exact) mass is 971 g/mol. The van der Waals surface area contributed by atoms with E-state index in [9.17, 15) is 5.26 Å². The summed E-state index contributed by atoms with van der Waals surface area (Å²) in [5, 5.41) is 9.76. The first kappa shape index (κ1) is 54.3. The fourth-order valence-electron chi connectivity index (χ4n) is 8.06. The second-order valence-corrected chi connectivity index (χ2v) is 32.4. The molecular formula is C54H79N2O8PSi2. The molecule has 0 bridgehead atoms. The zero-order chi connectivity index (χ0) is 49.4. The van der Waals surface area contributed by atoms with Gasteiger partial charge in [0.15, 0.2) is 16.6 Å². The van der Waals surface area contributed by atoms with Gasteiger partial charge < -0.3 is 37.1 Å². The molecule has 13 heteroatoms.